The highest BCUT2D eigenvalue weighted by atomic mass is 33.1. The number of thiol groups is 1. The monoisotopic (exact) mass is 236 g/mol. The lowest BCUT2D eigenvalue weighted by Crippen LogP contribution is -2.44. The fourth-order valence-electron chi connectivity index (χ4n) is 1.45. The van der Waals surface area contributed by atoms with Crippen LogP contribution in [0.15, 0.2) is 0 Å². The van der Waals surface area contributed by atoms with Gasteiger partial charge in [0.2, 0.25) is 0 Å². The van der Waals surface area contributed by atoms with Crippen LogP contribution in [-0.2, 0) is 4.74 Å². The Morgan fingerprint density at radius 2 is 1.93 bits per heavy atom. The van der Waals surface area contributed by atoms with E-state index in [-0.39, 0.29) is 0 Å². The lowest BCUT2D eigenvalue weighted by molar-refractivity contribution is 0.0527. The summed E-state index contributed by atoms with van der Waals surface area (Å²) in [6.45, 7) is 10.6. The maximum absolute atomic E-state index is 5.52. The molecule has 1 rings (SSSR count). The number of hydrogen-bond donors (Lipinski definition) is 1. The van der Waals surface area contributed by atoms with Crippen molar-refractivity contribution in [2.24, 2.45) is 0 Å². The molecule has 0 radical (unpaired) electrons. The zero-order valence-electron chi connectivity index (χ0n) is 8.98. The van der Waals surface area contributed by atoms with E-state index in [2.05, 4.69) is 34.7 Å². The van der Waals surface area contributed by atoms with Crippen LogP contribution in [0.25, 0.3) is 0 Å². The van der Waals surface area contributed by atoms with Crippen LogP contribution in [0.1, 0.15) is 13.8 Å². The van der Waals surface area contributed by atoms with Gasteiger partial charge in [-0.05, 0) is 24.8 Å². The summed E-state index contributed by atoms with van der Waals surface area (Å²) < 4.78 is 7.80. The molecule has 1 fully saturated rings. The molecule has 0 unspecified atom stereocenters. The zero-order valence-corrected chi connectivity index (χ0v) is 10.7. The predicted octanol–water partition coefficient (Wildman–Crippen LogP) is 1.52. The molecule has 0 atom stereocenters. The first-order valence-electron chi connectivity index (χ1n) is 5.13. The van der Waals surface area contributed by atoms with Crippen LogP contribution >= 0.6 is 22.6 Å². The highest BCUT2D eigenvalue weighted by molar-refractivity contribution is 8.67. The van der Waals surface area contributed by atoms with E-state index in [4.69, 9.17) is 4.74 Å². The van der Waals surface area contributed by atoms with E-state index in [0.717, 1.165) is 39.3 Å². The minimum atomic E-state index is 0.351. The molecule has 14 heavy (non-hydrogen) atoms. The van der Waals surface area contributed by atoms with Gasteiger partial charge in [-0.2, -0.15) is 0 Å². The Bertz CT molecular complexity index is 150. The van der Waals surface area contributed by atoms with Crippen molar-refractivity contribution < 1.29 is 4.74 Å². The van der Waals surface area contributed by atoms with Gasteiger partial charge in [0.1, 0.15) is 0 Å². The molecule has 84 valence electrons. The quantitative estimate of drug-likeness (QED) is 0.442. The van der Waals surface area contributed by atoms with Gasteiger partial charge in [0.15, 0.2) is 0 Å². The highest BCUT2D eigenvalue weighted by Crippen LogP contribution is 2.15. The number of ether oxygens (including phenoxy) is 1. The smallest absolute Gasteiger partial charge is 0.0596 e. The second-order valence-electron chi connectivity index (χ2n) is 3.77. The third kappa shape index (κ3) is 4.89. The van der Waals surface area contributed by atoms with E-state index < -0.39 is 0 Å². The molecule has 3 nitrogen and oxygen atoms in total. The second kappa shape index (κ2) is 6.95. The number of hydrogen-bond acceptors (Lipinski definition) is 5. The summed E-state index contributed by atoms with van der Waals surface area (Å²) >= 11 is 4.19. The Morgan fingerprint density at radius 3 is 2.43 bits per heavy atom. The molecule has 1 aliphatic rings. The Morgan fingerprint density at radius 1 is 1.29 bits per heavy atom. The average molecular weight is 236 g/mol. The molecule has 0 spiro atoms. The van der Waals surface area contributed by atoms with Crippen LogP contribution < -0.4 is 0 Å². The molecular formula is C9H20N2OS2. The van der Waals surface area contributed by atoms with Gasteiger partial charge >= 0.3 is 0 Å². The van der Waals surface area contributed by atoms with Gasteiger partial charge in [-0.1, -0.05) is 11.7 Å². The summed E-state index contributed by atoms with van der Waals surface area (Å²) in [4.78, 5) is 2.45. The van der Waals surface area contributed by atoms with E-state index >= 15 is 0 Å². The molecule has 0 saturated carbocycles. The Labute approximate surface area is 96.1 Å². The first kappa shape index (κ1) is 12.6. The molecule has 0 aromatic rings. The minimum Gasteiger partial charge on any atom is -0.377 e. The van der Waals surface area contributed by atoms with Crippen molar-refractivity contribution in [3.8, 4) is 0 Å². The predicted molar refractivity (Wildman–Crippen MR) is 65.7 cm³/mol. The topological polar surface area (TPSA) is 15.7 Å². The molecule has 0 amide bonds. The summed E-state index contributed by atoms with van der Waals surface area (Å²) in [5.41, 5.74) is 0. The minimum absolute atomic E-state index is 0.351. The van der Waals surface area contributed by atoms with Crippen molar-refractivity contribution in [3.05, 3.63) is 0 Å². The first-order chi connectivity index (χ1) is 6.72. The van der Waals surface area contributed by atoms with Gasteiger partial charge in [-0.15, -0.1) is 0 Å². The van der Waals surface area contributed by atoms with Crippen LogP contribution in [-0.4, -0.2) is 54.6 Å². The third-order valence-electron chi connectivity index (χ3n) is 2.31. The maximum atomic E-state index is 5.52. The van der Waals surface area contributed by atoms with E-state index in [1.54, 1.807) is 11.0 Å². The van der Waals surface area contributed by atoms with Crippen LogP contribution in [0.5, 0.6) is 0 Å². The molecule has 0 aromatic carbocycles. The lowest BCUT2D eigenvalue weighted by Gasteiger charge is -2.32. The second-order valence-corrected chi connectivity index (χ2v) is 4.94. The fraction of sp³-hybridized carbons (Fsp3) is 1.00. The molecule has 1 heterocycles. The van der Waals surface area contributed by atoms with Crippen molar-refractivity contribution >= 4 is 22.6 Å². The molecule has 5 heteroatoms. The molecule has 1 aliphatic heterocycles. The molecule has 0 N–H and O–H groups in total. The average Bonchev–Trinajstić information content (AvgIpc) is 2.18. The van der Waals surface area contributed by atoms with Crippen molar-refractivity contribution in [1.29, 1.82) is 0 Å². The summed E-state index contributed by atoms with van der Waals surface area (Å²) in [6, 6.07) is 0. The van der Waals surface area contributed by atoms with Gasteiger partial charge < -0.3 is 4.74 Å². The molecule has 0 aliphatic carbocycles. The summed E-state index contributed by atoms with van der Waals surface area (Å²) in [7, 11) is 1.55. The standard InChI is InChI=1S/C9H20N2OS2/c1-9(2)12-8-7-10-3-5-11(14-13)6-4-10/h9,13H,3-8H2,1-2H3. The molecule has 0 bridgehead atoms. The van der Waals surface area contributed by atoms with Crippen molar-refractivity contribution in [2.75, 3.05) is 39.3 Å². The number of rotatable bonds is 5. The van der Waals surface area contributed by atoms with E-state index in [0.29, 0.717) is 6.10 Å². The number of nitrogens with zero attached hydrogens (tertiary/aromatic N) is 2. The number of piperazine rings is 1. The van der Waals surface area contributed by atoms with Crippen molar-refractivity contribution in [1.82, 2.24) is 9.21 Å². The highest BCUT2D eigenvalue weighted by Gasteiger charge is 2.15. The summed E-state index contributed by atoms with van der Waals surface area (Å²) in [6.07, 6.45) is 0.351. The Hall–Kier alpha value is 0.580. The van der Waals surface area contributed by atoms with Crippen LogP contribution in [0.2, 0.25) is 0 Å². The zero-order chi connectivity index (χ0) is 10.4. The van der Waals surface area contributed by atoms with E-state index in [9.17, 15) is 0 Å². The third-order valence-corrected chi connectivity index (χ3v) is 3.59. The molecular weight excluding hydrogens is 216 g/mol. The largest absolute Gasteiger partial charge is 0.377 e. The Kier molecular flexibility index (Phi) is 6.28. The van der Waals surface area contributed by atoms with Crippen LogP contribution in [0, 0.1) is 0 Å². The lowest BCUT2D eigenvalue weighted by atomic mass is 10.3. The van der Waals surface area contributed by atoms with Crippen LogP contribution in [0.4, 0.5) is 0 Å². The fourth-order valence-corrected chi connectivity index (χ4v) is 2.27. The summed E-state index contributed by atoms with van der Waals surface area (Å²) in [5, 5.41) is 0. The maximum Gasteiger partial charge on any atom is 0.0596 e. The van der Waals surface area contributed by atoms with Gasteiger partial charge in [-0.25, -0.2) is 4.31 Å². The van der Waals surface area contributed by atoms with E-state index in [1.165, 1.54) is 0 Å². The Balaban J connectivity index is 2.04. The SMILES string of the molecule is CC(C)OCCN1CCN(SS)CC1. The first-order valence-corrected chi connectivity index (χ1v) is 6.95. The van der Waals surface area contributed by atoms with Gasteiger partial charge in [-0.3, -0.25) is 4.90 Å². The molecule has 1 saturated heterocycles. The van der Waals surface area contributed by atoms with Crippen LogP contribution in [0.3, 0.4) is 0 Å². The van der Waals surface area contributed by atoms with Crippen molar-refractivity contribution in [3.63, 3.8) is 0 Å². The normalized spacial score (nSPS) is 20.6. The summed E-state index contributed by atoms with van der Waals surface area (Å²) in [5.74, 6) is 0. The van der Waals surface area contributed by atoms with Gasteiger partial charge in [0.25, 0.3) is 0 Å². The molecule has 0 aromatic heterocycles. The van der Waals surface area contributed by atoms with Crippen molar-refractivity contribution in [2.45, 2.75) is 20.0 Å². The van der Waals surface area contributed by atoms with Gasteiger partial charge in [0.05, 0.1) is 12.7 Å². The van der Waals surface area contributed by atoms with E-state index in [1.807, 2.05) is 0 Å². The van der Waals surface area contributed by atoms with Gasteiger partial charge in [0, 0.05) is 32.7 Å².